The summed E-state index contributed by atoms with van der Waals surface area (Å²) in [5.41, 5.74) is 4.81. The number of sulfonamides is 2. The number of aliphatic hydroxyl groups is 2. The summed E-state index contributed by atoms with van der Waals surface area (Å²) in [7, 11) is -1.59. The Morgan fingerprint density at radius 3 is 0.848 bits per heavy atom. The molecule has 18 heteroatoms. The minimum Gasteiger partial charge on any atom is -0.497 e. The van der Waals surface area contributed by atoms with E-state index in [0.29, 0.717) is 23.0 Å². The van der Waals surface area contributed by atoms with Crippen LogP contribution in [0.1, 0.15) is 71.1 Å². The van der Waals surface area contributed by atoms with Crippen LogP contribution in [0, 0.1) is 13.8 Å². The van der Waals surface area contributed by atoms with Crippen molar-refractivity contribution in [3.63, 3.8) is 0 Å². The minimum atomic E-state index is -3.95. The van der Waals surface area contributed by atoms with E-state index in [1.54, 1.807) is 102 Å². The van der Waals surface area contributed by atoms with Gasteiger partial charge in [-0.05, 0) is 110 Å². The molecule has 2 N–H and O–H groups in total. The zero-order valence-electron chi connectivity index (χ0n) is 38.3. The predicted octanol–water partition coefficient (Wildman–Crippen LogP) is 6.51. The van der Waals surface area contributed by atoms with Crippen LogP contribution >= 0.6 is 0 Å². The first-order valence-electron chi connectivity index (χ1n) is 20.9. The summed E-state index contributed by atoms with van der Waals surface area (Å²) in [6.45, 7) is 7.10. The number of hydrogen-bond donors (Lipinski definition) is 2. The summed E-state index contributed by atoms with van der Waals surface area (Å²) in [6.07, 6.45) is 3.47. The van der Waals surface area contributed by atoms with Gasteiger partial charge in [0, 0.05) is 51.0 Å². The van der Waals surface area contributed by atoms with Gasteiger partial charge in [0.2, 0.25) is 20.0 Å². The molecule has 0 aliphatic heterocycles. The predicted molar refractivity (Wildman–Crippen MR) is 251 cm³/mol. The van der Waals surface area contributed by atoms with Crippen molar-refractivity contribution in [2.45, 2.75) is 76.6 Å². The molecule has 0 bridgehead atoms. The van der Waals surface area contributed by atoms with Crippen LogP contribution in [0.3, 0.4) is 0 Å². The maximum atomic E-state index is 13.6. The Kier molecular flexibility index (Phi) is 18.1. The van der Waals surface area contributed by atoms with Gasteiger partial charge in [-0.2, -0.15) is 8.61 Å². The number of rotatable bonds is 20. The zero-order valence-corrected chi connectivity index (χ0v) is 40.0. The topological polar surface area (TPSA) is 204 Å². The lowest BCUT2D eigenvalue weighted by atomic mass is 10.2. The van der Waals surface area contributed by atoms with E-state index in [4.69, 9.17) is 18.9 Å². The zero-order chi connectivity index (χ0) is 48.0. The lowest BCUT2D eigenvalue weighted by molar-refractivity contribution is 0.162. The van der Waals surface area contributed by atoms with Crippen molar-refractivity contribution in [2.75, 3.05) is 28.4 Å². The second kappa shape index (κ2) is 23.4. The van der Waals surface area contributed by atoms with Crippen LogP contribution in [-0.2, 0) is 46.2 Å². The smallest absolute Gasteiger partial charge is 0.220 e. The van der Waals surface area contributed by atoms with Crippen molar-refractivity contribution in [2.24, 2.45) is 0 Å². The third kappa shape index (κ3) is 13.5. The number of methoxy groups -OCH3 is 4. The molecular weight excluding hydrogens is 885 g/mol. The molecule has 0 saturated carbocycles. The fourth-order valence-corrected chi connectivity index (χ4v) is 9.69. The van der Waals surface area contributed by atoms with E-state index in [9.17, 15) is 27.0 Å². The molecule has 0 aliphatic carbocycles. The van der Waals surface area contributed by atoms with Crippen molar-refractivity contribution < 1.29 is 46.0 Å². The van der Waals surface area contributed by atoms with Crippen LogP contribution < -0.4 is 18.9 Å². The largest absolute Gasteiger partial charge is 0.497 e. The molecule has 0 radical (unpaired) electrons. The highest BCUT2D eigenvalue weighted by molar-refractivity contribution is 7.90. The average molecular weight is 943 g/mol. The SMILES string of the molecule is COc1ccc(CN(Cc2ccc(OC)cc2)S(=O)(=O)[C@@H](C)[C@@H](O)c2ncc(C)cn2)cc1.COc1ccc(CN(Cc2ccc(OC)cc2)S(=O)(=O)[C@H](C)[C@H](O)c2ncc(C)cn2)cc1. The quantitative estimate of drug-likeness (QED) is 0.0838. The third-order valence-electron chi connectivity index (χ3n) is 10.8. The maximum Gasteiger partial charge on any atom is 0.220 e. The van der Waals surface area contributed by atoms with Crippen molar-refractivity contribution in [1.82, 2.24) is 28.5 Å². The monoisotopic (exact) mass is 942 g/mol. The maximum absolute atomic E-state index is 13.6. The van der Waals surface area contributed by atoms with Crippen LogP contribution in [-0.4, -0.2) is 94.5 Å². The van der Waals surface area contributed by atoms with E-state index in [1.807, 2.05) is 62.4 Å². The van der Waals surface area contributed by atoms with Gasteiger partial charge in [-0.25, -0.2) is 36.8 Å². The first-order chi connectivity index (χ1) is 31.5. The Morgan fingerprint density at radius 1 is 0.439 bits per heavy atom. The van der Waals surface area contributed by atoms with Crippen LogP contribution in [0.15, 0.2) is 122 Å². The molecule has 6 aromatic rings. The number of nitrogens with zero attached hydrogens (tertiary/aromatic N) is 6. The van der Waals surface area contributed by atoms with Gasteiger partial charge in [-0.1, -0.05) is 48.5 Å². The van der Waals surface area contributed by atoms with Gasteiger partial charge in [-0.15, -0.1) is 0 Å². The van der Waals surface area contributed by atoms with Gasteiger partial charge < -0.3 is 29.2 Å². The Hall–Kier alpha value is -6.02. The molecule has 66 heavy (non-hydrogen) atoms. The van der Waals surface area contributed by atoms with Gasteiger partial charge in [0.05, 0.1) is 28.4 Å². The van der Waals surface area contributed by atoms with Crippen molar-refractivity contribution >= 4 is 20.0 Å². The molecule has 4 aromatic carbocycles. The normalized spacial score (nSPS) is 13.5. The molecular formula is C48H58N6O10S2. The number of aliphatic hydroxyl groups excluding tert-OH is 2. The lowest BCUT2D eigenvalue weighted by Gasteiger charge is -2.28. The molecule has 352 valence electrons. The van der Waals surface area contributed by atoms with Gasteiger partial charge in [0.25, 0.3) is 0 Å². The minimum absolute atomic E-state index is 0.0746. The second-order valence-electron chi connectivity index (χ2n) is 15.6. The summed E-state index contributed by atoms with van der Waals surface area (Å²) in [6, 6.07) is 28.8. The van der Waals surface area contributed by atoms with E-state index in [0.717, 1.165) is 33.4 Å². The van der Waals surface area contributed by atoms with E-state index in [1.165, 1.54) is 22.5 Å². The van der Waals surface area contributed by atoms with Gasteiger partial charge in [0.15, 0.2) is 11.6 Å². The molecule has 2 aromatic heterocycles. The molecule has 0 saturated heterocycles. The molecule has 0 fully saturated rings. The number of benzene rings is 4. The highest BCUT2D eigenvalue weighted by Gasteiger charge is 2.37. The summed E-state index contributed by atoms with van der Waals surface area (Å²) >= 11 is 0. The highest BCUT2D eigenvalue weighted by atomic mass is 32.2. The number of aryl methyl sites for hydroxylation is 2. The van der Waals surface area contributed by atoms with Crippen molar-refractivity contribution in [1.29, 1.82) is 0 Å². The Bertz CT molecular complexity index is 2360. The fourth-order valence-electron chi connectivity index (χ4n) is 6.54. The Labute approximate surface area is 388 Å². The Morgan fingerprint density at radius 2 is 0.652 bits per heavy atom. The number of ether oxygens (including phenoxy) is 4. The van der Waals surface area contributed by atoms with Gasteiger partial charge >= 0.3 is 0 Å². The molecule has 0 spiro atoms. The van der Waals surface area contributed by atoms with Crippen LogP contribution in [0.5, 0.6) is 23.0 Å². The van der Waals surface area contributed by atoms with Gasteiger partial charge in [0.1, 0.15) is 45.7 Å². The second-order valence-corrected chi connectivity index (χ2v) is 20.1. The summed E-state index contributed by atoms with van der Waals surface area (Å²) in [5, 5.41) is 19.2. The third-order valence-corrected chi connectivity index (χ3v) is 15.1. The number of aromatic nitrogens is 4. The molecule has 0 aliphatic rings. The molecule has 2 heterocycles. The molecule has 0 unspecified atom stereocenters. The summed E-state index contributed by atoms with van der Waals surface area (Å²) in [4.78, 5) is 16.4. The molecule has 16 nitrogen and oxygen atoms in total. The van der Waals surface area contributed by atoms with Gasteiger partial charge in [-0.3, -0.25) is 0 Å². The summed E-state index contributed by atoms with van der Waals surface area (Å²) < 4.78 is 78.0. The van der Waals surface area contributed by atoms with E-state index >= 15 is 0 Å². The van der Waals surface area contributed by atoms with Crippen LogP contribution in [0.2, 0.25) is 0 Å². The highest BCUT2D eigenvalue weighted by Crippen LogP contribution is 2.28. The molecule has 0 amide bonds. The van der Waals surface area contributed by atoms with E-state index < -0.39 is 42.8 Å². The molecule has 6 rings (SSSR count). The van der Waals surface area contributed by atoms with Crippen molar-refractivity contribution in [3.05, 3.63) is 167 Å². The van der Waals surface area contributed by atoms with E-state index in [-0.39, 0.29) is 37.8 Å². The number of hydrogen-bond acceptors (Lipinski definition) is 14. The lowest BCUT2D eigenvalue weighted by Crippen LogP contribution is -2.40. The van der Waals surface area contributed by atoms with Crippen LogP contribution in [0.25, 0.3) is 0 Å². The van der Waals surface area contributed by atoms with Crippen LogP contribution in [0.4, 0.5) is 0 Å². The van der Waals surface area contributed by atoms with Crippen molar-refractivity contribution in [3.8, 4) is 23.0 Å². The standard InChI is InChI=1S/2C24H29N3O5S/c2*1-17-13-25-24(26-14-17)23(28)18(2)33(29,30)27(15-19-5-9-21(31-3)10-6-19)16-20-7-11-22(32-4)12-8-20/h2*5-14,18,23,28H,15-16H2,1-4H3/t2*18-,23+/m10/s1. The summed E-state index contributed by atoms with van der Waals surface area (Å²) in [5.74, 6) is 2.88. The average Bonchev–Trinajstić information content (AvgIpc) is 3.34. The first-order valence-corrected chi connectivity index (χ1v) is 23.9. The molecule has 4 atom stereocenters. The fraction of sp³-hybridized carbons (Fsp3) is 0.333. The van der Waals surface area contributed by atoms with E-state index in [2.05, 4.69) is 19.9 Å². The first kappa shape index (κ1) is 51.0. The Balaban J connectivity index is 0.000000247.